The predicted octanol–water partition coefficient (Wildman–Crippen LogP) is 4.19. The van der Waals surface area contributed by atoms with E-state index < -0.39 is 0 Å². The lowest BCUT2D eigenvalue weighted by molar-refractivity contribution is 0.0605. The standard InChI is InChI=1S/C22H18N6O3S2/c1-12-17-19-26-16(27-28(19)11-24-20(17)33-18(12)21(29)31-3)10-32-22-23-9-8-15(25-22)13-4-6-14(30-2)7-5-13/h4-9,11H,10H2,1-3H3. The zero-order valence-electron chi connectivity index (χ0n) is 18.0. The second-order valence-electron chi connectivity index (χ2n) is 7.01. The summed E-state index contributed by atoms with van der Waals surface area (Å²) in [7, 11) is 3.01. The minimum absolute atomic E-state index is 0.377. The lowest BCUT2D eigenvalue weighted by Crippen LogP contribution is -1.99. The number of nitrogens with zero attached hydrogens (tertiary/aromatic N) is 6. The van der Waals surface area contributed by atoms with E-state index in [-0.39, 0.29) is 5.97 Å². The molecule has 1 aromatic carbocycles. The predicted molar refractivity (Wildman–Crippen MR) is 126 cm³/mol. The van der Waals surface area contributed by atoms with Gasteiger partial charge in [-0.2, -0.15) is 0 Å². The number of hydrogen-bond donors (Lipinski definition) is 0. The van der Waals surface area contributed by atoms with Crippen LogP contribution in [-0.4, -0.2) is 49.7 Å². The van der Waals surface area contributed by atoms with Gasteiger partial charge in [-0.25, -0.2) is 29.2 Å². The van der Waals surface area contributed by atoms with Crippen LogP contribution in [0.15, 0.2) is 48.0 Å². The second-order valence-corrected chi connectivity index (χ2v) is 8.95. The van der Waals surface area contributed by atoms with Gasteiger partial charge in [0, 0.05) is 11.8 Å². The number of esters is 1. The molecule has 0 saturated heterocycles. The van der Waals surface area contributed by atoms with E-state index in [1.165, 1.54) is 30.2 Å². The van der Waals surface area contributed by atoms with Gasteiger partial charge in [-0.05, 0) is 42.8 Å². The van der Waals surface area contributed by atoms with E-state index in [0.29, 0.717) is 27.3 Å². The van der Waals surface area contributed by atoms with Crippen molar-refractivity contribution >= 4 is 44.9 Å². The number of ether oxygens (including phenoxy) is 2. The van der Waals surface area contributed by atoms with Crippen LogP contribution in [0.3, 0.4) is 0 Å². The molecule has 4 aromatic heterocycles. The maximum atomic E-state index is 12.1. The average molecular weight is 479 g/mol. The van der Waals surface area contributed by atoms with Crippen molar-refractivity contribution in [3.05, 3.63) is 59.1 Å². The minimum atomic E-state index is -0.377. The van der Waals surface area contributed by atoms with Crippen molar-refractivity contribution in [2.24, 2.45) is 0 Å². The molecule has 0 unspecified atom stereocenters. The molecule has 0 atom stereocenters. The van der Waals surface area contributed by atoms with Gasteiger partial charge in [0.25, 0.3) is 0 Å². The van der Waals surface area contributed by atoms with E-state index >= 15 is 0 Å². The van der Waals surface area contributed by atoms with E-state index in [0.717, 1.165) is 32.8 Å². The second kappa shape index (κ2) is 8.75. The number of thiophene rings is 1. The normalized spacial score (nSPS) is 11.2. The van der Waals surface area contributed by atoms with Gasteiger partial charge in [-0.15, -0.1) is 16.4 Å². The molecule has 0 amide bonds. The number of carbonyl (C=O) groups is 1. The number of benzene rings is 1. The number of aromatic nitrogens is 6. The van der Waals surface area contributed by atoms with Crippen LogP contribution in [-0.2, 0) is 10.5 Å². The zero-order valence-corrected chi connectivity index (χ0v) is 19.6. The van der Waals surface area contributed by atoms with Gasteiger partial charge in [0.05, 0.1) is 31.1 Å². The summed E-state index contributed by atoms with van der Waals surface area (Å²) in [5.41, 5.74) is 3.26. The molecule has 0 spiro atoms. The van der Waals surface area contributed by atoms with E-state index in [4.69, 9.17) is 14.5 Å². The Bertz CT molecular complexity index is 1480. The number of carbonyl (C=O) groups excluding carboxylic acids is 1. The molecule has 0 radical (unpaired) electrons. The summed E-state index contributed by atoms with van der Waals surface area (Å²) in [5.74, 6) is 1.53. The van der Waals surface area contributed by atoms with Crippen molar-refractivity contribution in [1.82, 2.24) is 29.5 Å². The maximum absolute atomic E-state index is 12.1. The highest BCUT2D eigenvalue weighted by molar-refractivity contribution is 7.98. The summed E-state index contributed by atoms with van der Waals surface area (Å²) in [6.07, 6.45) is 3.35. The van der Waals surface area contributed by atoms with Crippen LogP contribution in [0.2, 0.25) is 0 Å². The third-order valence-electron chi connectivity index (χ3n) is 5.03. The highest BCUT2D eigenvalue weighted by Gasteiger charge is 2.20. The molecule has 5 rings (SSSR count). The molecule has 5 aromatic rings. The molecule has 0 aliphatic rings. The van der Waals surface area contributed by atoms with E-state index in [1.54, 1.807) is 24.1 Å². The lowest BCUT2D eigenvalue weighted by Gasteiger charge is -2.04. The van der Waals surface area contributed by atoms with Crippen molar-refractivity contribution in [1.29, 1.82) is 0 Å². The first kappa shape index (κ1) is 21.3. The molecule has 0 N–H and O–H groups in total. The van der Waals surface area contributed by atoms with Crippen molar-refractivity contribution in [2.75, 3.05) is 14.2 Å². The maximum Gasteiger partial charge on any atom is 0.348 e. The molecular formula is C22H18N6O3S2. The van der Waals surface area contributed by atoms with Crippen LogP contribution in [0.1, 0.15) is 21.1 Å². The zero-order chi connectivity index (χ0) is 22.9. The molecule has 0 aliphatic carbocycles. The van der Waals surface area contributed by atoms with Crippen molar-refractivity contribution in [3.63, 3.8) is 0 Å². The van der Waals surface area contributed by atoms with Gasteiger partial charge in [-0.3, -0.25) is 0 Å². The Kier molecular flexibility index (Phi) is 5.65. The minimum Gasteiger partial charge on any atom is -0.497 e. The Hall–Kier alpha value is -3.57. The van der Waals surface area contributed by atoms with Crippen LogP contribution in [0.4, 0.5) is 0 Å². The fourth-order valence-corrected chi connectivity index (χ4v) is 5.13. The number of fused-ring (bicyclic) bond motifs is 3. The summed E-state index contributed by atoms with van der Waals surface area (Å²) in [5, 5.41) is 5.97. The molecule has 166 valence electrons. The molecule has 0 bridgehead atoms. The van der Waals surface area contributed by atoms with Gasteiger partial charge >= 0.3 is 5.97 Å². The van der Waals surface area contributed by atoms with Crippen LogP contribution in [0, 0.1) is 6.92 Å². The third-order valence-corrected chi connectivity index (χ3v) is 7.07. The van der Waals surface area contributed by atoms with Crippen molar-refractivity contribution in [2.45, 2.75) is 17.8 Å². The molecule has 0 aliphatic heterocycles. The van der Waals surface area contributed by atoms with Gasteiger partial charge in [0.1, 0.15) is 21.8 Å². The Labute approximate surface area is 196 Å². The average Bonchev–Trinajstić information content (AvgIpc) is 3.43. The number of aryl methyl sites for hydroxylation is 1. The Morgan fingerprint density at radius 1 is 1.12 bits per heavy atom. The number of rotatable bonds is 6. The highest BCUT2D eigenvalue weighted by Crippen LogP contribution is 2.32. The Morgan fingerprint density at radius 3 is 2.70 bits per heavy atom. The highest BCUT2D eigenvalue weighted by atomic mass is 32.2. The van der Waals surface area contributed by atoms with E-state index in [9.17, 15) is 4.79 Å². The summed E-state index contributed by atoms with van der Waals surface area (Å²) in [4.78, 5) is 31.4. The smallest absolute Gasteiger partial charge is 0.348 e. The van der Waals surface area contributed by atoms with Gasteiger partial charge in [-0.1, -0.05) is 11.8 Å². The molecule has 0 saturated carbocycles. The van der Waals surface area contributed by atoms with Crippen LogP contribution < -0.4 is 4.74 Å². The summed E-state index contributed by atoms with van der Waals surface area (Å²) >= 11 is 2.74. The van der Waals surface area contributed by atoms with Gasteiger partial charge < -0.3 is 9.47 Å². The third kappa shape index (κ3) is 4.00. The SMILES string of the molecule is COC(=O)c1sc2ncn3nc(CSc4nccc(-c5ccc(OC)cc5)n4)nc3c2c1C. The quantitative estimate of drug-likeness (QED) is 0.202. The van der Waals surface area contributed by atoms with Crippen LogP contribution >= 0.6 is 23.1 Å². The molecule has 0 fully saturated rings. The van der Waals surface area contributed by atoms with Crippen molar-refractivity contribution < 1.29 is 14.3 Å². The first-order valence-electron chi connectivity index (χ1n) is 9.89. The van der Waals surface area contributed by atoms with Crippen LogP contribution in [0.25, 0.3) is 27.1 Å². The monoisotopic (exact) mass is 478 g/mol. The van der Waals surface area contributed by atoms with Crippen LogP contribution in [0.5, 0.6) is 5.75 Å². The summed E-state index contributed by atoms with van der Waals surface area (Å²) < 4.78 is 11.7. The number of hydrogen-bond acceptors (Lipinski definition) is 10. The molecular weight excluding hydrogens is 460 g/mol. The topological polar surface area (TPSA) is 104 Å². The Balaban J connectivity index is 1.40. The molecule has 9 nitrogen and oxygen atoms in total. The van der Waals surface area contributed by atoms with E-state index in [1.807, 2.05) is 37.3 Å². The van der Waals surface area contributed by atoms with Gasteiger partial charge in [0.2, 0.25) is 0 Å². The summed E-state index contributed by atoms with van der Waals surface area (Å²) in [6.45, 7) is 1.87. The van der Waals surface area contributed by atoms with Crippen molar-refractivity contribution in [3.8, 4) is 17.0 Å². The number of methoxy groups -OCH3 is 2. The fourth-order valence-electron chi connectivity index (χ4n) is 3.39. The fraction of sp³-hybridized carbons (Fsp3) is 0.182. The number of thioether (sulfide) groups is 1. The largest absolute Gasteiger partial charge is 0.497 e. The first-order valence-corrected chi connectivity index (χ1v) is 11.7. The Morgan fingerprint density at radius 2 is 1.94 bits per heavy atom. The summed E-state index contributed by atoms with van der Waals surface area (Å²) in [6, 6.07) is 9.59. The molecule has 33 heavy (non-hydrogen) atoms. The van der Waals surface area contributed by atoms with Gasteiger partial charge in [0.15, 0.2) is 16.6 Å². The molecule has 11 heteroatoms. The van der Waals surface area contributed by atoms with E-state index in [2.05, 4.69) is 20.1 Å². The lowest BCUT2D eigenvalue weighted by atomic mass is 10.1. The first-order chi connectivity index (χ1) is 16.1. The molecule has 4 heterocycles.